The van der Waals surface area contributed by atoms with Crippen molar-refractivity contribution in [3.05, 3.63) is 48.0 Å². The molecule has 0 spiro atoms. The van der Waals surface area contributed by atoms with Gasteiger partial charge in [-0.1, -0.05) is 128 Å². The molecule has 0 radical (unpaired) electrons. The van der Waals surface area contributed by atoms with E-state index in [2.05, 4.69) is 38.2 Å². The Morgan fingerprint density at radius 1 is 0.640 bits per heavy atom. The van der Waals surface area contributed by atoms with Gasteiger partial charge in [-0.2, -0.15) is 0 Å². The predicted octanol–water partition coefficient (Wildman–Crippen LogP) is 10.7. The summed E-state index contributed by atoms with van der Waals surface area (Å²) in [6.45, 7) is 4.24. The monoisotopic (exact) mass is 705 g/mol. The zero-order valence-electron chi connectivity index (χ0n) is 31.7. The highest BCUT2D eigenvalue weighted by Gasteiger charge is 2.10. The predicted molar refractivity (Wildman–Crippen MR) is 203 cm³/mol. The molecule has 3 N–H and O–H groups in total. The van der Waals surface area contributed by atoms with Crippen molar-refractivity contribution < 1.29 is 38.9 Å². The van der Waals surface area contributed by atoms with Crippen LogP contribution >= 0.6 is 0 Å². The van der Waals surface area contributed by atoms with Crippen LogP contribution in [0.5, 0.6) is 0 Å². The number of aliphatic hydroxyl groups excluding tert-OH is 3. The first kappa shape index (κ1) is 47.4. The number of carbonyl (C=O) groups excluding carboxylic acids is 3. The molecule has 1 aromatic rings. The minimum Gasteiger partial charge on any atom is -0.456 e. The first-order valence-electron chi connectivity index (χ1n) is 19.9. The van der Waals surface area contributed by atoms with Crippen LogP contribution in [0, 0.1) is 0 Å². The summed E-state index contributed by atoms with van der Waals surface area (Å²) in [5, 5.41) is 28.4. The third-order valence-corrected chi connectivity index (χ3v) is 8.62. The van der Waals surface area contributed by atoms with Gasteiger partial charge < -0.3 is 24.5 Å². The van der Waals surface area contributed by atoms with E-state index in [4.69, 9.17) is 14.3 Å². The number of aldehydes is 1. The fourth-order valence-electron chi connectivity index (χ4n) is 5.49. The number of aliphatic hydroxyl groups is 3. The summed E-state index contributed by atoms with van der Waals surface area (Å²) < 4.78 is 9.73. The number of ether oxygens (including phenoxy) is 1. The average Bonchev–Trinajstić information content (AvgIpc) is 3.59. The van der Waals surface area contributed by atoms with Gasteiger partial charge in [0.15, 0.2) is 12.0 Å². The number of carbonyl (C=O) groups is 3. The molecule has 50 heavy (non-hydrogen) atoms. The molecule has 1 rings (SSSR count). The van der Waals surface area contributed by atoms with Crippen molar-refractivity contribution in [3.63, 3.8) is 0 Å². The van der Waals surface area contributed by atoms with Crippen LogP contribution in [-0.4, -0.2) is 45.8 Å². The smallest absolute Gasteiger partial charge is 0.313 e. The van der Waals surface area contributed by atoms with Crippen molar-refractivity contribution >= 4 is 18.2 Å². The Balaban J connectivity index is 0.00000229. The number of hydrogen-bond donors (Lipinski definition) is 3. The van der Waals surface area contributed by atoms with Crippen LogP contribution in [0.3, 0.4) is 0 Å². The lowest BCUT2D eigenvalue weighted by atomic mass is 10.1. The molecular formula is C42H72O8. The topological polar surface area (TPSA) is 134 Å². The van der Waals surface area contributed by atoms with Crippen LogP contribution < -0.4 is 0 Å². The zero-order valence-corrected chi connectivity index (χ0v) is 31.7. The Morgan fingerprint density at radius 3 is 1.48 bits per heavy atom. The highest BCUT2D eigenvalue weighted by molar-refractivity contribution is 5.85. The van der Waals surface area contributed by atoms with E-state index in [1.54, 1.807) is 6.07 Å². The molecule has 0 aliphatic heterocycles. The van der Waals surface area contributed by atoms with Gasteiger partial charge >= 0.3 is 11.9 Å². The molecule has 0 aromatic carbocycles. The van der Waals surface area contributed by atoms with E-state index in [-0.39, 0.29) is 36.5 Å². The molecule has 0 saturated carbocycles. The average molecular weight is 705 g/mol. The number of furan rings is 1. The van der Waals surface area contributed by atoms with Crippen molar-refractivity contribution in [1.82, 2.24) is 0 Å². The molecule has 1 aromatic heterocycles. The molecule has 0 fully saturated rings. The van der Waals surface area contributed by atoms with E-state index < -0.39 is 0 Å². The van der Waals surface area contributed by atoms with Crippen LogP contribution in [0.1, 0.15) is 197 Å². The molecule has 8 heteroatoms. The summed E-state index contributed by atoms with van der Waals surface area (Å²) in [5.41, 5.74) is 0. The fourth-order valence-corrected chi connectivity index (χ4v) is 5.49. The summed E-state index contributed by atoms with van der Waals surface area (Å²) in [6, 6.07) is 3.07. The molecule has 2 atom stereocenters. The number of hydrogen-bond acceptors (Lipinski definition) is 8. The second kappa shape index (κ2) is 36.2. The Bertz CT molecular complexity index is 928. The van der Waals surface area contributed by atoms with Crippen molar-refractivity contribution in [1.29, 1.82) is 0 Å². The van der Waals surface area contributed by atoms with Crippen molar-refractivity contribution in [3.8, 4) is 0 Å². The van der Waals surface area contributed by atoms with Gasteiger partial charge in [-0.25, -0.2) is 0 Å². The summed E-state index contributed by atoms with van der Waals surface area (Å²) in [4.78, 5) is 33.8. The van der Waals surface area contributed by atoms with E-state index in [0.29, 0.717) is 24.9 Å². The molecular weight excluding hydrogens is 632 g/mol. The molecule has 0 aliphatic carbocycles. The van der Waals surface area contributed by atoms with E-state index in [1.807, 2.05) is 0 Å². The highest BCUT2D eigenvalue weighted by Crippen LogP contribution is 2.13. The second-order valence-electron chi connectivity index (χ2n) is 13.5. The minimum absolute atomic E-state index is 0.159. The maximum Gasteiger partial charge on any atom is 0.313 e. The molecule has 0 unspecified atom stereocenters. The van der Waals surface area contributed by atoms with E-state index in [0.717, 1.165) is 116 Å². The third kappa shape index (κ3) is 32.6. The number of esters is 2. The molecule has 0 amide bonds. The summed E-state index contributed by atoms with van der Waals surface area (Å²) in [7, 11) is 0. The zero-order chi connectivity index (χ0) is 36.9. The van der Waals surface area contributed by atoms with E-state index >= 15 is 0 Å². The van der Waals surface area contributed by atoms with Gasteiger partial charge in [0, 0.05) is 12.8 Å². The maximum atomic E-state index is 11.9. The number of rotatable bonds is 32. The molecule has 0 saturated heterocycles. The lowest BCUT2D eigenvalue weighted by molar-refractivity contribution is -0.159. The van der Waals surface area contributed by atoms with Gasteiger partial charge in [0.05, 0.1) is 12.2 Å². The number of allylic oxidation sites excluding steroid dienone is 2. The Morgan fingerprint density at radius 2 is 1.08 bits per heavy atom. The SMILES string of the molecule is CCCCCC[C@@H](O)C/C=C\CCCCCCCC(=O)OC(=O)CCCCCCC/C=C\C[C@H](O)CCCCCC.O=Cc1ccc(CO)o1. The van der Waals surface area contributed by atoms with Gasteiger partial charge in [-0.15, -0.1) is 0 Å². The number of unbranched alkanes of at least 4 members (excludes halogenated alkanes) is 16. The van der Waals surface area contributed by atoms with Crippen molar-refractivity contribution in [2.45, 2.75) is 200 Å². The van der Waals surface area contributed by atoms with Gasteiger partial charge in [0.25, 0.3) is 0 Å². The molecule has 0 aliphatic rings. The second-order valence-corrected chi connectivity index (χ2v) is 13.5. The summed E-state index contributed by atoms with van der Waals surface area (Å²) >= 11 is 0. The Kier molecular flexibility index (Phi) is 34.4. The van der Waals surface area contributed by atoms with E-state index in [9.17, 15) is 24.6 Å². The first-order valence-corrected chi connectivity index (χ1v) is 19.9. The van der Waals surface area contributed by atoms with E-state index in [1.165, 1.54) is 44.6 Å². The third-order valence-electron chi connectivity index (χ3n) is 8.62. The van der Waals surface area contributed by atoms with Crippen molar-refractivity contribution in [2.24, 2.45) is 0 Å². The molecule has 0 bridgehead atoms. The van der Waals surface area contributed by atoms with Crippen LogP contribution in [0.15, 0.2) is 40.9 Å². The summed E-state index contributed by atoms with van der Waals surface area (Å²) in [6.07, 6.45) is 34.8. The molecule has 288 valence electrons. The van der Waals surface area contributed by atoms with Gasteiger partial charge in [0.1, 0.15) is 12.4 Å². The largest absolute Gasteiger partial charge is 0.456 e. The maximum absolute atomic E-state index is 11.9. The normalized spacial score (nSPS) is 12.6. The van der Waals surface area contributed by atoms with Crippen LogP contribution in [0.2, 0.25) is 0 Å². The lowest BCUT2D eigenvalue weighted by Gasteiger charge is -2.07. The van der Waals surface area contributed by atoms with Gasteiger partial charge in [-0.05, 0) is 76.3 Å². The molecule has 8 nitrogen and oxygen atoms in total. The Labute approximate surface area is 304 Å². The van der Waals surface area contributed by atoms with Gasteiger partial charge in [-0.3, -0.25) is 14.4 Å². The fraction of sp³-hybridized carbons (Fsp3) is 0.738. The first-order chi connectivity index (χ1) is 24.4. The summed E-state index contributed by atoms with van der Waals surface area (Å²) in [5.74, 6) is -0.107. The standard InChI is InChI=1S/C36H66O5.C6H6O3/c1-3-5-7-21-27-33(37)29-23-17-13-9-11-15-19-25-31-35(39)41-36(40)32-26-20-16-12-10-14-18-24-30-34(38)28-22-8-6-4-2;7-3-5-1-2-6(4-8)9-5/h17-18,23-24,33-34,37-38H,3-16,19-22,25-32H2,1-2H3;1-3,8H,4H2/b23-17-,24-18-;/t33-,34-;/m1./s1. The van der Waals surface area contributed by atoms with Crippen molar-refractivity contribution in [2.75, 3.05) is 0 Å². The highest BCUT2D eigenvalue weighted by atomic mass is 16.6. The quantitative estimate of drug-likeness (QED) is 0.0222. The lowest BCUT2D eigenvalue weighted by Crippen LogP contribution is -2.11. The molecule has 1 heterocycles. The van der Waals surface area contributed by atoms with Crippen LogP contribution in [0.4, 0.5) is 0 Å². The Hall–Kier alpha value is -2.55. The van der Waals surface area contributed by atoms with Crippen LogP contribution in [-0.2, 0) is 20.9 Å². The van der Waals surface area contributed by atoms with Crippen LogP contribution in [0.25, 0.3) is 0 Å². The minimum atomic E-state index is -0.385. The van der Waals surface area contributed by atoms with Gasteiger partial charge in [0.2, 0.25) is 0 Å².